The van der Waals surface area contributed by atoms with Gasteiger partial charge in [-0.25, -0.2) is 4.98 Å². The Morgan fingerprint density at radius 2 is 2.33 bits per heavy atom. The van der Waals surface area contributed by atoms with Crippen LogP contribution in [0.2, 0.25) is 0 Å². The van der Waals surface area contributed by atoms with Gasteiger partial charge in [0.2, 0.25) is 5.13 Å². The van der Waals surface area contributed by atoms with Crippen molar-refractivity contribution in [2.45, 2.75) is 6.92 Å². The summed E-state index contributed by atoms with van der Waals surface area (Å²) in [5.41, 5.74) is 6.13. The molecule has 6 heteroatoms. The lowest BCUT2D eigenvalue weighted by Crippen LogP contribution is -1.80. The van der Waals surface area contributed by atoms with Crippen LogP contribution in [0, 0.1) is 6.92 Å². The number of rotatable bonds is 1. The molecule has 2 aromatic rings. The maximum absolute atomic E-state index is 5.42. The van der Waals surface area contributed by atoms with Gasteiger partial charge in [-0.1, -0.05) is 11.3 Å². The summed E-state index contributed by atoms with van der Waals surface area (Å²) >= 11 is 1.29. The van der Waals surface area contributed by atoms with Crippen molar-refractivity contribution < 1.29 is 4.42 Å². The molecule has 0 atom stereocenters. The van der Waals surface area contributed by atoms with E-state index in [4.69, 9.17) is 10.2 Å². The number of oxazole rings is 1. The summed E-state index contributed by atoms with van der Waals surface area (Å²) in [5, 5.41) is 8.65. The second-order valence-electron chi connectivity index (χ2n) is 2.20. The number of hydrogen-bond donors (Lipinski definition) is 1. The van der Waals surface area contributed by atoms with Crippen LogP contribution in [0.25, 0.3) is 10.7 Å². The standard InChI is InChI=1S/C6H6N4OS/c1-3-4(8-2-11-3)5-9-10-6(7)12-5/h2H,1H3,(H2,7,10). The largest absolute Gasteiger partial charge is 0.448 e. The molecule has 2 heterocycles. The van der Waals surface area contributed by atoms with E-state index in [9.17, 15) is 0 Å². The van der Waals surface area contributed by atoms with Gasteiger partial charge < -0.3 is 10.2 Å². The third kappa shape index (κ3) is 1.06. The molecule has 0 aliphatic heterocycles. The molecule has 62 valence electrons. The van der Waals surface area contributed by atoms with Crippen molar-refractivity contribution >= 4 is 16.5 Å². The molecule has 2 rings (SSSR count). The van der Waals surface area contributed by atoms with E-state index < -0.39 is 0 Å². The molecule has 2 N–H and O–H groups in total. The quantitative estimate of drug-likeness (QED) is 0.714. The zero-order valence-electron chi connectivity index (χ0n) is 6.31. The number of nitrogens with two attached hydrogens (primary N) is 1. The molecule has 0 unspecified atom stereocenters. The van der Waals surface area contributed by atoms with Crippen molar-refractivity contribution in [3.63, 3.8) is 0 Å². The Balaban J connectivity index is 2.50. The van der Waals surface area contributed by atoms with Crippen LogP contribution in [0.3, 0.4) is 0 Å². The zero-order valence-corrected chi connectivity index (χ0v) is 7.13. The van der Waals surface area contributed by atoms with E-state index in [-0.39, 0.29) is 0 Å². The normalized spacial score (nSPS) is 10.4. The van der Waals surface area contributed by atoms with Gasteiger partial charge in [-0.15, -0.1) is 10.2 Å². The van der Waals surface area contributed by atoms with Crippen molar-refractivity contribution in [3.8, 4) is 10.7 Å². The highest BCUT2D eigenvalue weighted by Crippen LogP contribution is 2.25. The molecule has 0 aliphatic rings. The number of nitrogens with zero attached hydrogens (tertiary/aromatic N) is 3. The lowest BCUT2D eigenvalue weighted by Gasteiger charge is -1.85. The van der Waals surface area contributed by atoms with Crippen molar-refractivity contribution in [1.82, 2.24) is 15.2 Å². The Kier molecular flexibility index (Phi) is 1.54. The average Bonchev–Trinajstić information content (AvgIpc) is 2.58. The Bertz CT molecular complexity index is 394. The summed E-state index contributed by atoms with van der Waals surface area (Å²) in [4.78, 5) is 3.99. The zero-order chi connectivity index (χ0) is 8.55. The van der Waals surface area contributed by atoms with Gasteiger partial charge in [0.1, 0.15) is 11.5 Å². The predicted octanol–water partition coefficient (Wildman–Crippen LogP) is 1.08. The van der Waals surface area contributed by atoms with Gasteiger partial charge in [0, 0.05) is 0 Å². The maximum atomic E-state index is 5.42. The van der Waals surface area contributed by atoms with Crippen LogP contribution >= 0.6 is 11.3 Å². The minimum atomic E-state index is 0.437. The number of anilines is 1. The smallest absolute Gasteiger partial charge is 0.203 e. The average molecular weight is 182 g/mol. The molecule has 0 bridgehead atoms. The Labute approximate surface area is 72.3 Å². The topological polar surface area (TPSA) is 77.8 Å². The lowest BCUT2D eigenvalue weighted by molar-refractivity contribution is 0.527. The van der Waals surface area contributed by atoms with Crippen LogP contribution in [-0.2, 0) is 0 Å². The molecule has 0 saturated heterocycles. The summed E-state index contributed by atoms with van der Waals surface area (Å²) in [6, 6.07) is 0. The summed E-state index contributed by atoms with van der Waals surface area (Å²) < 4.78 is 5.02. The van der Waals surface area contributed by atoms with E-state index in [0.29, 0.717) is 15.8 Å². The first-order valence-electron chi connectivity index (χ1n) is 3.27. The van der Waals surface area contributed by atoms with Crippen LogP contribution in [0.15, 0.2) is 10.8 Å². The molecule has 2 aromatic heterocycles. The molecule has 0 aliphatic carbocycles. The van der Waals surface area contributed by atoms with E-state index in [2.05, 4.69) is 15.2 Å². The van der Waals surface area contributed by atoms with Crippen molar-refractivity contribution in [2.75, 3.05) is 5.73 Å². The number of aromatic nitrogens is 3. The minimum Gasteiger partial charge on any atom is -0.448 e. The van der Waals surface area contributed by atoms with Crippen LogP contribution < -0.4 is 5.73 Å². The Hall–Kier alpha value is -1.43. The third-order valence-corrected chi connectivity index (χ3v) is 2.15. The Morgan fingerprint density at radius 1 is 1.50 bits per heavy atom. The van der Waals surface area contributed by atoms with Crippen LogP contribution in [0.5, 0.6) is 0 Å². The Morgan fingerprint density at radius 3 is 2.83 bits per heavy atom. The second kappa shape index (κ2) is 2.56. The van der Waals surface area contributed by atoms with E-state index in [0.717, 1.165) is 5.76 Å². The van der Waals surface area contributed by atoms with Gasteiger partial charge in [0.25, 0.3) is 0 Å². The van der Waals surface area contributed by atoms with Crippen molar-refractivity contribution in [2.24, 2.45) is 0 Å². The van der Waals surface area contributed by atoms with Crippen LogP contribution in [0.1, 0.15) is 5.76 Å². The number of nitrogen functional groups attached to an aromatic ring is 1. The van der Waals surface area contributed by atoms with E-state index >= 15 is 0 Å². The highest BCUT2D eigenvalue weighted by Gasteiger charge is 2.10. The molecule has 0 radical (unpaired) electrons. The van der Waals surface area contributed by atoms with Gasteiger partial charge in [-0.2, -0.15) is 0 Å². The summed E-state index contributed by atoms with van der Waals surface area (Å²) in [6.45, 7) is 1.82. The highest BCUT2D eigenvalue weighted by molar-refractivity contribution is 7.18. The summed E-state index contributed by atoms with van der Waals surface area (Å²) in [5.74, 6) is 0.728. The highest BCUT2D eigenvalue weighted by atomic mass is 32.1. The number of aryl methyl sites for hydroxylation is 1. The molecule has 0 fully saturated rings. The van der Waals surface area contributed by atoms with Crippen molar-refractivity contribution in [1.29, 1.82) is 0 Å². The van der Waals surface area contributed by atoms with E-state index in [1.54, 1.807) is 0 Å². The number of hydrogen-bond acceptors (Lipinski definition) is 6. The van der Waals surface area contributed by atoms with Gasteiger partial charge in [0.05, 0.1) is 0 Å². The first-order chi connectivity index (χ1) is 5.77. The molecule has 0 amide bonds. The van der Waals surface area contributed by atoms with E-state index in [1.165, 1.54) is 17.7 Å². The first kappa shape index (κ1) is 7.23. The molecule has 0 saturated carbocycles. The third-order valence-electron chi connectivity index (χ3n) is 1.39. The van der Waals surface area contributed by atoms with Crippen molar-refractivity contribution in [3.05, 3.63) is 12.2 Å². The van der Waals surface area contributed by atoms with Gasteiger partial charge in [0.15, 0.2) is 11.4 Å². The van der Waals surface area contributed by atoms with Crippen LogP contribution in [-0.4, -0.2) is 15.2 Å². The van der Waals surface area contributed by atoms with Gasteiger partial charge in [-0.05, 0) is 6.92 Å². The van der Waals surface area contributed by atoms with Crippen LogP contribution in [0.4, 0.5) is 5.13 Å². The predicted molar refractivity (Wildman–Crippen MR) is 44.6 cm³/mol. The molecule has 0 aromatic carbocycles. The molecular weight excluding hydrogens is 176 g/mol. The fraction of sp³-hybridized carbons (Fsp3) is 0.167. The molecule has 5 nitrogen and oxygen atoms in total. The monoisotopic (exact) mass is 182 g/mol. The minimum absolute atomic E-state index is 0.437. The van der Waals surface area contributed by atoms with Gasteiger partial charge in [-0.3, -0.25) is 0 Å². The molecule has 0 spiro atoms. The fourth-order valence-electron chi connectivity index (χ4n) is 0.841. The summed E-state index contributed by atoms with van der Waals surface area (Å²) in [7, 11) is 0. The SMILES string of the molecule is Cc1ocnc1-c1nnc(N)s1. The molecule has 12 heavy (non-hydrogen) atoms. The van der Waals surface area contributed by atoms with E-state index in [1.807, 2.05) is 6.92 Å². The lowest BCUT2D eigenvalue weighted by atomic mass is 10.4. The van der Waals surface area contributed by atoms with Gasteiger partial charge >= 0.3 is 0 Å². The maximum Gasteiger partial charge on any atom is 0.203 e. The fourth-order valence-corrected chi connectivity index (χ4v) is 1.50. The molecular formula is C6H6N4OS. The second-order valence-corrected chi connectivity index (χ2v) is 3.21. The first-order valence-corrected chi connectivity index (χ1v) is 4.08. The summed E-state index contributed by atoms with van der Waals surface area (Å²) in [6.07, 6.45) is 1.38.